The minimum absolute atomic E-state index is 0.0580. The van der Waals surface area contributed by atoms with Crippen LogP contribution < -0.4 is 0 Å². The second-order valence-corrected chi connectivity index (χ2v) is 3.55. The Hall–Kier alpha value is -0.860. The van der Waals surface area contributed by atoms with Gasteiger partial charge in [-0.05, 0) is 18.8 Å². The van der Waals surface area contributed by atoms with Crippen LogP contribution in [0.3, 0.4) is 0 Å². The van der Waals surface area contributed by atoms with Gasteiger partial charge in [-0.15, -0.1) is 0 Å². The first-order chi connectivity index (χ1) is 5.74. The molecule has 0 aliphatic heterocycles. The highest BCUT2D eigenvalue weighted by Gasteiger charge is 2.60. The number of hydrogen-bond acceptors (Lipinski definition) is 3. The average Bonchev–Trinajstić information content (AvgIpc) is 2.51. The zero-order chi connectivity index (χ0) is 8.72. The molecule has 2 rings (SSSR count). The van der Waals surface area contributed by atoms with E-state index >= 15 is 0 Å². The third kappa shape index (κ3) is 1.04. The Morgan fingerprint density at radius 3 is 2.58 bits per heavy atom. The van der Waals surface area contributed by atoms with Crippen molar-refractivity contribution in [1.82, 2.24) is 0 Å². The fourth-order valence-corrected chi connectivity index (χ4v) is 2.20. The fraction of sp³-hybridized carbons (Fsp3) is 0.778. The monoisotopic (exact) mass is 168 g/mol. The Bertz CT molecular complexity index is 220. The van der Waals surface area contributed by atoms with Crippen molar-refractivity contribution < 1.29 is 14.3 Å². The van der Waals surface area contributed by atoms with Crippen molar-refractivity contribution >= 4 is 11.8 Å². The predicted molar refractivity (Wildman–Crippen MR) is 41.3 cm³/mol. The summed E-state index contributed by atoms with van der Waals surface area (Å²) < 4.78 is 4.89. The molecular formula is C9H12O3. The van der Waals surface area contributed by atoms with Gasteiger partial charge >= 0.3 is 5.97 Å². The maximum Gasteiger partial charge on any atom is 0.309 e. The van der Waals surface area contributed by atoms with Crippen LogP contribution in [0.25, 0.3) is 0 Å². The molecule has 2 saturated carbocycles. The van der Waals surface area contributed by atoms with Crippen LogP contribution in [-0.4, -0.2) is 18.4 Å². The number of ketones is 1. The number of esters is 1. The number of Topliss-reactive ketones (excluding diaryl/α,β-unsaturated/α-hetero) is 1. The van der Waals surface area contributed by atoms with Gasteiger partial charge < -0.3 is 4.74 Å². The highest BCUT2D eigenvalue weighted by atomic mass is 16.5. The lowest BCUT2D eigenvalue weighted by molar-refractivity contribution is -0.145. The zero-order valence-corrected chi connectivity index (χ0v) is 7.08. The summed E-state index contributed by atoms with van der Waals surface area (Å²) >= 11 is 0. The number of carbonyl (C=O) groups is 2. The molecule has 0 saturated heterocycles. The first kappa shape index (κ1) is 7.77. The van der Waals surface area contributed by atoms with Gasteiger partial charge in [0.05, 0.1) is 12.5 Å². The molecule has 2 aliphatic rings. The lowest BCUT2D eigenvalue weighted by Crippen LogP contribution is -2.12. The minimum atomic E-state index is -0.0972. The molecule has 0 heterocycles. The van der Waals surface area contributed by atoms with Gasteiger partial charge in [-0.1, -0.05) is 0 Å². The molecular weight excluding hydrogens is 156 g/mol. The molecule has 0 spiro atoms. The first-order valence-electron chi connectivity index (χ1n) is 4.42. The molecule has 0 radical (unpaired) electrons. The van der Waals surface area contributed by atoms with Crippen LogP contribution in [0.2, 0.25) is 0 Å². The Labute approximate surface area is 71.1 Å². The van der Waals surface area contributed by atoms with Crippen LogP contribution >= 0.6 is 0 Å². The van der Waals surface area contributed by atoms with Gasteiger partial charge in [0.15, 0.2) is 0 Å². The molecule has 3 nitrogen and oxygen atoms in total. The van der Waals surface area contributed by atoms with Crippen LogP contribution in [0.4, 0.5) is 0 Å². The lowest BCUT2D eigenvalue weighted by Gasteiger charge is -2.01. The van der Waals surface area contributed by atoms with Gasteiger partial charge in [0.25, 0.3) is 0 Å². The highest BCUT2D eigenvalue weighted by molar-refractivity contribution is 5.88. The zero-order valence-electron chi connectivity index (χ0n) is 7.08. The van der Waals surface area contributed by atoms with Crippen LogP contribution in [0.15, 0.2) is 0 Å². The van der Waals surface area contributed by atoms with E-state index in [-0.39, 0.29) is 11.9 Å². The number of fused-ring (bicyclic) bond motifs is 1. The van der Waals surface area contributed by atoms with Gasteiger partial charge in [-0.3, -0.25) is 9.59 Å². The first-order valence-corrected chi connectivity index (χ1v) is 4.42. The van der Waals surface area contributed by atoms with Gasteiger partial charge in [-0.2, -0.15) is 0 Å². The lowest BCUT2D eigenvalue weighted by atomic mass is 10.1. The van der Waals surface area contributed by atoms with Crippen LogP contribution in [0.5, 0.6) is 0 Å². The van der Waals surface area contributed by atoms with Crippen molar-refractivity contribution in [3.63, 3.8) is 0 Å². The predicted octanol–water partition coefficient (Wildman–Crippen LogP) is 0.775. The van der Waals surface area contributed by atoms with Crippen molar-refractivity contribution in [3.8, 4) is 0 Å². The summed E-state index contributed by atoms with van der Waals surface area (Å²) in [6.07, 6.45) is 1.21. The molecule has 0 aromatic heterocycles. The van der Waals surface area contributed by atoms with Crippen LogP contribution in [-0.2, 0) is 14.3 Å². The van der Waals surface area contributed by atoms with E-state index in [1.807, 2.05) is 0 Å². The van der Waals surface area contributed by atoms with Crippen LogP contribution in [0, 0.1) is 17.8 Å². The summed E-state index contributed by atoms with van der Waals surface area (Å²) in [5, 5.41) is 0. The number of ether oxygens (including phenoxy) is 1. The highest BCUT2D eigenvalue weighted by Crippen LogP contribution is 2.56. The molecule has 2 fully saturated rings. The largest absolute Gasteiger partial charge is 0.466 e. The van der Waals surface area contributed by atoms with Gasteiger partial charge in [0.2, 0.25) is 0 Å². The van der Waals surface area contributed by atoms with Gasteiger partial charge in [0, 0.05) is 12.8 Å². The summed E-state index contributed by atoms with van der Waals surface area (Å²) in [5.74, 6) is 0.932. The van der Waals surface area contributed by atoms with Gasteiger partial charge in [0.1, 0.15) is 5.78 Å². The minimum Gasteiger partial charge on any atom is -0.466 e. The molecule has 12 heavy (non-hydrogen) atoms. The van der Waals surface area contributed by atoms with E-state index in [0.717, 1.165) is 0 Å². The van der Waals surface area contributed by atoms with Crippen molar-refractivity contribution in [3.05, 3.63) is 0 Å². The second-order valence-electron chi connectivity index (χ2n) is 3.55. The van der Waals surface area contributed by atoms with E-state index < -0.39 is 0 Å². The molecule has 0 bridgehead atoms. The van der Waals surface area contributed by atoms with Gasteiger partial charge in [-0.25, -0.2) is 0 Å². The maximum atomic E-state index is 11.2. The van der Waals surface area contributed by atoms with Crippen molar-refractivity contribution in [2.24, 2.45) is 17.8 Å². The number of rotatable bonds is 2. The molecule has 0 N–H and O–H groups in total. The van der Waals surface area contributed by atoms with Crippen molar-refractivity contribution in [2.75, 3.05) is 6.61 Å². The standard InChI is InChI=1S/C9H12O3/c1-2-12-9(11)8-6-3-5(10)4-7(6)8/h6-8H,2-4H2,1H3. The third-order valence-electron chi connectivity index (χ3n) is 2.82. The summed E-state index contributed by atoms with van der Waals surface area (Å²) in [4.78, 5) is 22.0. The summed E-state index contributed by atoms with van der Waals surface area (Å²) in [6.45, 7) is 2.25. The van der Waals surface area contributed by atoms with E-state index in [9.17, 15) is 9.59 Å². The number of hydrogen-bond donors (Lipinski definition) is 0. The molecule has 66 valence electrons. The van der Waals surface area contributed by atoms with Crippen LogP contribution in [0.1, 0.15) is 19.8 Å². The van der Waals surface area contributed by atoms with Crippen molar-refractivity contribution in [2.45, 2.75) is 19.8 Å². The fourth-order valence-electron chi connectivity index (χ4n) is 2.20. The normalized spacial score (nSPS) is 37.8. The molecule has 0 amide bonds. The SMILES string of the molecule is CCOC(=O)C1C2CC(=O)CC21. The Morgan fingerprint density at radius 2 is 2.08 bits per heavy atom. The summed E-state index contributed by atoms with van der Waals surface area (Å²) in [5.41, 5.74) is 0. The quantitative estimate of drug-likeness (QED) is 0.572. The molecule has 0 aromatic carbocycles. The smallest absolute Gasteiger partial charge is 0.309 e. The summed E-state index contributed by atoms with van der Waals surface area (Å²) in [7, 11) is 0. The molecule has 2 aliphatic carbocycles. The third-order valence-corrected chi connectivity index (χ3v) is 2.82. The molecule has 2 unspecified atom stereocenters. The Kier molecular flexibility index (Phi) is 1.67. The Morgan fingerprint density at radius 1 is 1.50 bits per heavy atom. The van der Waals surface area contributed by atoms with E-state index in [4.69, 9.17) is 4.74 Å². The van der Waals surface area contributed by atoms with Crippen molar-refractivity contribution in [1.29, 1.82) is 0 Å². The van der Waals surface area contributed by atoms with E-state index in [1.165, 1.54) is 0 Å². The topological polar surface area (TPSA) is 43.4 Å². The summed E-state index contributed by atoms with van der Waals surface area (Å²) in [6, 6.07) is 0. The molecule has 0 aromatic rings. The van der Waals surface area contributed by atoms with E-state index in [1.54, 1.807) is 6.92 Å². The molecule has 2 atom stereocenters. The van der Waals surface area contributed by atoms with E-state index in [0.29, 0.717) is 37.1 Å². The van der Waals surface area contributed by atoms with E-state index in [2.05, 4.69) is 0 Å². The Balaban J connectivity index is 1.89. The number of carbonyl (C=O) groups excluding carboxylic acids is 2. The molecule has 3 heteroatoms. The average molecular weight is 168 g/mol. The second kappa shape index (κ2) is 2.57. The maximum absolute atomic E-state index is 11.2.